The fourth-order valence-electron chi connectivity index (χ4n) is 1.77. The topological polar surface area (TPSA) is 63.6 Å². The molecule has 0 radical (unpaired) electrons. The molecule has 0 bridgehead atoms. The van der Waals surface area contributed by atoms with Crippen LogP contribution in [0.2, 0.25) is 0 Å². The van der Waals surface area contributed by atoms with E-state index in [4.69, 9.17) is 16.3 Å². The number of benzene rings is 2. The molecule has 0 aliphatic rings. The number of phenols is 1. The monoisotopic (exact) mass is 304 g/mol. The molecular weight excluding hydrogens is 292 g/mol. The number of ether oxygens (including phenoxy) is 1. The first-order valence-corrected chi connectivity index (χ1v) is 6.65. The molecule has 1 N–H and O–H groups in total. The van der Waals surface area contributed by atoms with Crippen LogP contribution in [-0.4, -0.2) is 22.2 Å². The molecule has 5 heteroatoms. The minimum atomic E-state index is -0.832. The van der Waals surface area contributed by atoms with Gasteiger partial charge in [-0.25, -0.2) is 0 Å². The number of aromatic hydroxyl groups is 1. The third kappa shape index (κ3) is 3.61. The van der Waals surface area contributed by atoms with Crippen LogP contribution in [0.25, 0.3) is 0 Å². The number of halogens is 1. The minimum Gasteiger partial charge on any atom is -0.507 e. The molecule has 0 amide bonds. The molecule has 1 unspecified atom stereocenters. The molecular formula is C16H13ClO4. The van der Waals surface area contributed by atoms with Gasteiger partial charge in [-0.1, -0.05) is 30.3 Å². The fraction of sp³-hybridized carbons (Fsp3) is 0.125. The normalized spacial score (nSPS) is 11.7. The Hall–Kier alpha value is -2.33. The molecule has 2 aromatic rings. The second-order valence-electron chi connectivity index (χ2n) is 4.44. The molecule has 4 nitrogen and oxygen atoms in total. The number of carbonyl (C=O) groups is 2. The maximum Gasteiger partial charge on any atom is 0.262 e. The van der Waals surface area contributed by atoms with Crippen molar-refractivity contribution in [2.45, 2.75) is 13.0 Å². The van der Waals surface area contributed by atoms with Gasteiger partial charge in [-0.05, 0) is 30.7 Å². The van der Waals surface area contributed by atoms with Gasteiger partial charge in [0, 0.05) is 11.6 Å². The predicted molar refractivity (Wildman–Crippen MR) is 78.9 cm³/mol. The average Bonchev–Trinajstić information content (AvgIpc) is 2.47. The number of phenolic OH excluding ortho intramolecular Hbond substituents is 1. The van der Waals surface area contributed by atoms with E-state index in [1.807, 2.05) is 0 Å². The van der Waals surface area contributed by atoms with E-state index in [1.54, 1.807) is 30.3 Å². The standard InChI is InChI=1S/C16H13ClO4/c1-10(16(17)20)21-12-7-8-13(14(18)9-12)15(19)11-5-3-2-4-6-11/h2-10,18H,1H3. The SMILES string of the molecule is CC(Oc1ccc(C(=O)c2ccccc2)c(O)c1)C(=O)Cl. The first-order chi connectivity index (χ1) is 9.99. The van der Waals surface area contributed by atoms with Gasteiger partial charge in [0.15, 0.2) is 11.9 Å². The van der Waals surface area contributed by atoms with E-state index in [9.17, 15) is 14.7 Å². The summed E-state index contributed by atoms with van der Waals surface area (Å²) in [5.41, 5.74) is 0.643. The molecule has 0 saturated carbocycles. The Labute approximate surface area is 126 Å². The van der Waals surface area contributed by atoms with E-state index < -0.39 is 11.3 Å². The van der Waals surface area contributed by atoms with Crippen LogP contribution < -0.4 is 4.74 Å². The highest BCUT2D eigenvalue weighted by molar-refractivity contribution is 6.64. The minimum absolute atomic E-state index is 0.165. The number of hydrogen-bond donors (Lipinski definition) is 1. The van der Waals surface area contributed by atoms with Crippen molar-refractivity contribution in [3.8, 4) is 11.5 Å². The van der Waals surface area contributed by atoms with E-state index in [0.29, 0.717) is 5.56 Å². The summed E-state index contributed by atoms with van der Waals surface area (Å²) in [4.78, 5) is 23.1. The van der Waals surface area contributed by atoms with Gasteiger partial charge in [-0.2, -0.15) is 0 Å². The second-order valence-corrected chi connectivity index (χ2v) is 4.81. The lowest BCUT2D eigenvalue weighted by Crippen LogP contribution is -2.18. The average molecular weight is 305 g/mol. The molecule has 0 heterocycles. The van der Waals surface area contributed by atoms with Crippen molar-refractivity contribution in [1.82, 2.24) is 0 Å². The maximum absolute atomic E-state index is 12.2. The van der Waals surface area contributed by atoms with Crippen LogP contribution >= 0.6 is 11.6 Å². The van der Waals surface area contributed by atoms with E-state index in [1.165, 1.54) is 25.1 Å². The quantitative estimate of drug-likeness (QED) is 0.681. The van der Waals surface area contributed by atoms with Gasteiger partial charge in [-0.15, -0.1) is 0 Å². The third-order valence-corrected chi connectivity index (χ3v) is 3.19. The highest BCUT2D eigenvalue weighted by Crippen LogP contribution is 2.26. The van der Waals surface area contributed by atoms with Gasteiger partial charge in [0.25, 0.3) is 5.24 Å². The van der Waals surface area contributed by atoms with Crippen LogP contribution in [0.4, 0.5) is 0 Å². The lowest BCUT2D eigenvalue weighted by atomic mass is 10.0. The zero-order valence-corrected chi connectivity index (χ0v) is 12.0. The smallest absolute Gasteiger partial charge is 0.262 e. The summed E-state index contributed by atoms with van der Waals surface area (Å²) in [5, 5.41) is 9.32. The van der Waals surface area contributed by atoms with Crippen LogP contribution in [0.1, 0.15) is 22.8 Å². The predicted octanol–water partition coefficient (Wildman–Crippen LogP) is 3.16. The molecule has 0 aromatic heterocycles. The largest absolute Gasteiger partial charge is 0.507 e. The summed E-state index contributed by atoms with van der Waals surface area (Å²) in [7, 11) is 0. The lowest BCUT2D eigenvalue weighted by molar-refractivity contribution is -0.117. The van der Waals surface area contributed by atoms with E-state index in [-0.39, 0.29) is 22.8 Å². The Balaban J connectivity index is 2.24. The second kappa shape index (κ2) is 6.41. The first kappa shape index (κ1) is 15.1. The number of ketones is 1. The molecule has 0 spiro atoms. The van der Waals surface area contributed by atoms with Crippen LogP contribution in [-0.2, 0) is 4.79 Å². The molecule has 0 fully saturated rings. The van der Waals surface area contributed by atoms with Gasteiger partial charge in [-0.3, -0.25) is 9.59 Å². The van der Waals surface area contributed by atoms with Gasteiger partial charge in [0.05, 0.1) is 5.56 Å². The first-order valence-electron chi connectivity index (χ1n) is 6.28. The van der Waals surface area contributed by atoms with Crippen molar-refractivity contribution < 1.29 is 19.4 Å². The highest BCUT2D eigenvalue weighted by atomic mass is 35.5. The summed E-state index contributed by atoms with van der Waals surface area (Å²) >= 11 is 5.30. The molecule has 1 atom stereocenters. The summed E-state index contributed by atoms with van der Waals surface area (Å²) < 4.78 is 5.24. The van der Waals surface area contributed by atoms with Gasteiger partial charge in [0.2, 0.25) is 0 Å². The van der Waals surface area contributed by atoms with Crippen LogP contribution in [0.5, 0.6) is 11.5 Å². The number of carbonyl (C=O) groups excluding carboxylic acids is 2. The van der Waals surface area contributed by atoms with Gasteiger partial charge >= 0.3 is 0 Å². The van der Waals surface area contributed by atoms with Crippen molar-refractivity contribution in [1.29, 1.82) is 0 Å². The molecule has 0 aliphatic carbocycles. The summed E-state index contributed by atoms with van der Waals surface area (Å²) in [6.45, 7) is 1.50. The van der Waals surface area contributed by atoms with Crippen molar-refractivity contribution in [2.75, 3.05) is 0 Å². The highest BCUT2D eigenvalue weighted by Gasteiger charge is 2.16. The number of hydrogen-bond acceptors (Lipinski definition) is 4. The maximum atomic E-state index is 12.2. The van der Waals surface area contributed by atoms with Gasteiger partial charge < -0.3 is 9.84 Å². The number of rotatable bonds is 5. The Morgan fingerprint density at radius 3 is 2.38 bits per heavy atom. The molecule has 21 heavy (non-hydrogen) atoms. The molecule has 0 aliphatic heterocycles. The summed E-state index contributed by atoms with van der Waals surface area (Å²) in [6, 6.07) is 12.9. The van der Waals surface area contributed by atoms with Crippen molar-refractivity contribution in [2.24, 2.45) is 0 Å². The Morgan fingerprint density at radius 2 is 1.81 bits per heavy atom. The zero-order valence-electron chi connectivity index (χ0n) is 11.2. The van der Waals surface area contributed by atoms with Gasteiger partial charge in [0.1, 0.15) is 11.5 Å². The zero-order chi connectivity index (χ0) is 15.4. The van der Waals surface area contributed by atoms with Crippen molar-refractivity contribution in [3.05, 3.63) is 59.7 Å². The van der Waals surface area contributed by atoms with E-state index in [2.05, 4.69) is 0 Å². The molecule has 2 rings (SSSR count). The summed E-state index contributed by atoms with van der Waals surface area (Å²) in [5.74, 6) is -0.240. The van der Waals surface area contributed by atoms with Crippen LogP contribution in [0, 0.1) is 0 Å². The third-order valence-electron chi connectivity index (χ3n) is 2.88. The lowest BCUT2D eigenvalue weighted by Gasteiger charge is -2.12. The Kier molecular flexibility index (Phi) is 4.60. The Morgan fingerprint density at radius 1 is 1.14 bits per heavy atom. The molecule has 108 valence electrons. The van der Waals surface area contributed by atoms with Crippen LogP contribution in [0.15, 0.2) is 48.5 Å². The Bertz CT molecular complexity index is 667. The van der Waals surface area contributed by atoms with E-state index in [0.717, 1.165) is 0 Å². The van der Waals surface area contributed by atoms with Crippen LogP contribution in [0.3, 0.4) is 0 Å². The van der Waals surface area contributed by atoms with Crippen molar-refractivity contribution in [3.63, 3.8) is 0 Å². The van der Waals surface area contributed by atoms with Crippen molar-refractivity contribution >= 4 is 22.6 Å². The fourth-order valence-corrected chi connectivity index (χ4v) is 1.82. The molecule has 0 saturated heterocycles. The molecule has 2 aromatic carbocycles. The summed E-state index contributed by atoms with van der Waals surface area (Å²) in [6.07, 6.45) is -0.832. The van der Waals surface area contributed by atoms with E-state index >= 15 is 0 Å².